The van der Waals surface area contributed by atoms with Crippen molar-refractivity contribution in [3.05, 3.63) is 40.2 Å². The average molecular weight is 283 g/mol. The Morgan fingerprint density at radius 2 is 2.16 bits per heavy atom. The summed E-state index contributed by atoms with van der Waals surface area (Å²) < 4.78 is 20.7. The zero-order valence-electron chi connectivity index (χ0n) is 10.6. The van der Waals surface area contributed by atoms with Crippen molar-refractivity contribution >= 4 is 19.6 Å². The number of aryl methyl sites for hydroxylation is 1. The van der Waals surface area contributed by atoms with Crippen LogP contribution in [0.2, 0.25) is 0 Å². The predicted octanol–water partition coefficient (Wildman–Crippen LogP) is 2.29. The summed E-state index contributed by atoms with van der Waals surface area (Å²) in [6.45, 7) is 1.85. The van der Waals surface area contributed by atoms with Crippen LogP contribution in [0, 0.1) is 6.92 Å². The van der Waals surface area contributed by atoms with Crippen molar-refractivity contribution in [2.45, 2.75) is 6.92 Å². The van der Waals surface area contributed by atoms with Crippen molar-refractivity contribution in [3.63, 3.8) is 0 Å². The van der Waals surface area contributed by atoms with E-state index in [2.05, 4.69) is 0 Å². The van der Waals surface area contributed by atoms with E-state index in [1.54, 1.807) is 12.1 Å². The summed E-state index contributed by atoms with van der Waals surface area (Å²) >= 11 is 0. The van der Waals surface area contributed by atoms with Crippen LogP contribution in [0.3, 0.4) is 0 Å². The first kappa shape index (κ1) is 14.0. The fourth-order valence-electron chi connectivity index (χ4n) is 1.63. The summed E-state index contributed by atoms with van der Waals surface area (Å²) in [7, 11) is -0.0854. The van der Waals surface area contributed by atoms with Gasteiger partial charge in [0, 0.05) is 24.6 Å². The van der Waals surface area contributed by atoms with Crippen LogP contribution in [0.5, 0.6) is 5.75 Å². The molecule has 1 aromatic heterocycles. The lowest BCUT2D eigenvalue weighted by Gasteiger charge is -2.14. The van der Waals surface area contributed by atoms with E-state index in [-0.39, 0.29) is 6.73 Å². The minimum absolute atomic E-state index is 0.00131. The third-order valence-corrected chi connectivity index (χ3v) is 3.45. The monoisotopic (exact) mass is 283 g/mol. The molecule has 0 aliphatic heterocycles. The van der Waals surface area contributed by atoms with Gasteiger partial charge >= 0.3 is 14.2 Å². The molecule has 6 nitrogen and oxygen atoms in total. The molecule has 0 aliphatic rings. The Bertz CT molecular complexity index is 627. The molecule has 0 saturated carbocycles. The van der Waals surface area contributed by atoms with Crippen molar-refractivity contribution in [3.8, 4) is 5.75 Å². The molecule has 0 fully saturated rings. The summed E-state index contributed by atoms with van der Waals surface area (Å²) in [5.41, 5.74) is 6.18. The van der Waals surface area contributed by atoms with Gasteiger partial charge in [0.05, 0.1) is 0 Å². The molecule has 1 heterocycles. The Morgan fingerprint density at radius 1 is 1.37 bits per heavy atom. The van der Waals surface area contributed by atoms with Gasteiger partial charge in [-0.2, -0.15) is 0 Å². The van der Waals surface area contributed by atoms with Crippen LogP contribution < -0.4 is 15.9 Å². The van der Waals surface area contributed by atoms with E-state index in [4.69, 9.17) is 23.7 Å². The van der Waals surface area contributed by atoms with Crippen molar-refractivity contribution < 1.29 is 18.0 Å². The van der Waals surface area contributed by atoms with Crippen molar-refractivity contribution in [1.82, 2.24) is 0 Å². The third kappa shape index (κ3) is 3.30. The van der Waals surface area contributed by atoms with Crippen LogP contribution in [0.1, 0.15) is 5.56 Å². The lowest BCUT2D eigenvalue weighted by Crippen LogP contribution is -2.04. The average Bonchev–Trinajstić information content (AvgIpc) is 2.37. The molecule has 2 N–H and O–H groups in total. The number of fused-ring (bicyclic) bond motifs is 1. The molecule has 1 atom stereocenters. The van der Waals surface area contributed by atoms with Gasteiger partial charge < -0.3 is 19.2 Å². The van der Waals surface area contributed by atoms with E-state index in [9.17, 15) is 4.79 Å². The molecule has 0 bridgehead atoms. The molecule has 0 amide bonds. The van der Waals surface area contributed by atoms with Crippen molar-refractivity contribution in [2.75, 3.05) is 13.8 Å². The number of hydrogen-bond acceptors (Lipinski definition) is 6. The summed E-state index contributed by atoms with van der Waals surface area (Å²) in [6, 6.07) is 6.64. The molecule has 0 spiro atoms. The fourth-order valence-corrected chi connectivity index (χ4v) is 2.27. The number of rotatable bonds is 5. The van der Waals surface area contributed by atoms with Crippen molar-refractivity contribution in [1.29, 1.82) is 0 Å². The highest BCUT2D eigenvalue weighted by Crippen LogP contribution is 2.39. The standard InChI is InChI=1S/C12H14NO5P/c1-8-5-12(14)17-11-6-9(3-4-10(8)11)18-19(15-2)16-7-13/h3-6H,7,13H2,1-2H3. The first-order valence-corrected chi connectivity index (χ1v) is 6.63. The van der Waals surface area contributed by atoms with Gasteiger partial charge in [-0.1, -0.05) is 0 Å². The van der Waals surface area contributed by atoms with E-state index in [1.807, 2.05) is 13.0 Å². The third-order valence-electron chi connectivity index (χ3n) is 2.43. The van der Waals surface area contributed by atoms with Gasteiger partial charge in [-0.25, -0.2) is 4.79 Å². The van der Waals surface area contributed by atoms with Crippen LogP contribution in [-0.2, 0) is 9.05 Å². The Hall–Kier alpha value is -1.46. The maximum Gasteiger partial charge on any atom is 0.398 e. The summed E-state index contributed by atoms with van der Waals surface area (Å²) in [5, 5.41) is 0.855. The van der Waals surface area contributed by atoms with Gasteiger partial charge in [0.2, 0.25) is 0 Å². The van der Waals surface area contributed by atoms with Crippen LogP contribution in [0.4, 0.5) is 0 Å². The second kappa shape index (κ2) is 6.12. The molecule has 2 rings (SSSR count). The second-order valence-electron chi connectivity index (χ2n) is 3.70. The van der Waals surface area contributed by atoms with E-state index in [1.165, 1.54) is 13.2 Å². The quantitative estimate of drug-likeness (QED) is 0.515. The molecule has 0 radical (unpaired) electrons. The Morgan fingerprint density at radius 3 is 2.84 bits per heavy atom. The van der Waals surface area contributed by atoms with Crippen LogP contribution in [0.25, 0.3) is 11.0 Å². The van der Waals surface area contributed by atoms with Gasteiger partial charge in [0.25, 0.3) is 0 Å². The molecule has 7 heteroatoms. The fraction of sp³-hybridized carbons (Fsp3) is 0.250. The Balaban J connectivity index is 2.33. The Labute approximate surface area is 111 Å². The van der Waals surface area contributed by atoms with Gasteiger partial charge in [-0.05, 0) is 24.6 Å². The largest absolute Gasteiger partial charge is 0.427 e. The van der Waals surface area contributed by atoms with E-state index >= 15 is 0 Å². The first-order chi connectivity index (χ1) is 9.13. The molecule has 1 aromatic carbocycles. The maximum absolute atomic E-state index is 11.3. The van der Waals surface area contributed by atoms with E-state index in [0.29, 0.717) is 11.3 Å². The zero-order valence-corrected chi connectivity index (χ0v) is 11.5. The van der Waals surface area contributed by atoms with E-state index in [0.717, 1.165) is 10.9 Å². The van der Waals surface area contributed by atoms with Gasteiger partial charge in [0.15, 0.2) is 0 Å². The minimum atomic E-state index is -1.55. The minimum Gasteiger partial charge on any atom is -0.427 e. The van der Waals surface area contributed by atoms with Crippen LogP contribution >= 0.6 is 8.60 Å². The number of nitrogens with two attached hydrogens (primary N) is 1. The molecule has 1 unspecified atom stereocenters. The van der Waals surface area contributed by atoms with E-state index < -0.39 is 14.2 Å². The summed E-state index contributed by atoms with van der Waals surface area (Å²) in [6.07, 6.45) is 0. The predicted molar refractivity (Wildman–Crippen MR) is 71.9 cm³/mol. The van der Waals surface area contributed by atoms with Gasteiger partial charge in [-0.3, -0.25) is 4.52 Å². The smallest absolute Gasteiger partial charge is 0.398 e. The van der Waals surface area contributed by atoms with Crippen LogP contribution in [0.15, 0.2) is 33.5 Å². The summed E-state index contributed by atoms with van der Waals surface area (Å²) in [4.78, 5) is 11.3. The topological polar surface area (TPSA) is 83.9 Å². The molecule has 19 heavy (non-hydrogen) atoms. The molecule has 2 aromatic rings. The molecule has 0 saturated heterocycles. The number of hydrogen-bond donors (Lipinski definition) is 1. The summed E-state index contributed by atoms with van der Waals surface area (Å²) in [5.74, 6) is 0.489. The highest BCUT2D eigenvalue weighted by molar-refractivity contribution is 7.42. The van der Waals surface area contributed by atoms with Gasteiger partial charge in [-0.15, -0.1) is 0 Å². The van der Waals surface area contributed by atoms with Gasteiger partial charge in [0.1, 0.15) is 18.1 Å². The first-order valence-electron chi connectivity index (χ1n) is 5.53. The second-order valence-corrected chi connectivity index (χ2v) is 4.95. The lowest BCUT2D eigenvalue weighted by atomic mass is 10.1. The maximum atomic E-state index is 11.3. The molecule has 102 valence electrons. The Kier molecular flexibility index (Phi) is 4.50. The van der Waals surface area contributed by atoms with Crippen LogP contribution in [-0.4, -0.2) is 13.8 Å². The highest BCUT2D eigenvalue weighted by Gasteiger charge is 2.13. The molecule has 0 aliphatic carbocycles. The zero-order chi connectivity index (χ0) is 13.8. The molecular formula is C12H14NO5P. The van der Waals surface area contributed by atoms with Crippen molar-refractivity contribution in [2.24, 2.45) is 5.73 Å². The number of benzene rings is 1. The SMILES string of the molecule is COP(OCN)Oc1ccc2c(C)cc(=O)oc2c1. The highest BCUT2D eigenvalue weighted by atomic mass is 31.2. The normalized spacial score (nSPS) is 12.6. The lowest BCUT2D eigenvalue weighted by molar-refractivity contribution is 0.240. The molecular weight excluding hydrogens is 269 g/mol.